The predicted octanol–water partition coefficient (Wildman–Crippen LogP) is 1.99. The molecule has 0 aromatic heterocycles. The van der Waals surface area contributed by atoms with E-state index < -0.39 is 17.9 Å². The molecular formula is C10H14O6. The molecule has 90 valence electrons. The molecule has 0 unspecified atom stereocenters. The summed E-state index contributed by atoms with van der Waals surface area (Å²) >= 11 is 0. The third-order valence-corrected chi connectivity index (χ3v) is 1.45. The number of cyclic esters (lactones) is 2. The topological polar surface area (TPSA) is 71.1 Å². The summed E-state index contributed by atoms with van der Waals surface area (Å²) in [6.45, 7) is 5.25. The highest BCUT2D eigenvalue weighted by atomic mass is 16.8. The first-order valence-corrected chi connectivity index (χ1v) is 4.76. The van der Waals surface area contributed by atoms with Gasteiger partial charge in [-0.3, -0.25) is 0 Å². The molecule has 1 aliphatic rings. The van der Waals surface area contributed by atoms with Crippen LogP contribution in [0, 0.1) is 0 Å². The van der Waals surface area contributed by atoms with E-state index in [0.29, 0.717) is 5.76 Å². The molecule has 0 saturated carbocycles. The highest BCUT2D eigenvalue weighted by molar-refractivity contribution is 5.64. The summed E-state index contributed by atoms with van der Waals surface area (Å²) in [6.07, 6.45) is -0.0763. The van der Waals surface area contributed by atoms with Gasteiger partial charge in [0.05, 0.1) is 0 Å². The highest BCUT2D eigenvalue weighted by Gasteiger charge is 2.19. The number of hydrogen-bond donors (Lipinski definition) is 0. The van der Waals surface area contributed by atoms with Crippen LogP contribution in [0.2, 0.25) is 0 Å². The quantitative estimate of drug-likeness (QED) is 0.675. The van der Waals surface area contributed by atoms with Gasteiger partial charge < -0.3 is 18.9 Å². The fraction of sp³-hybridized carbons (Fsp3) is 0.600. The zero-order chi connectivity index (χ0) is 12.2. The smallest absolute Gasteiger partial charge is 0.430 e. The monoisotopic (exact) mass is 230 g/mol. The molecule has 0 bridgehead atoms. The predicted molar refractivity (Wildman–Crippen MR) is 52.7 cm³/mol. The first kappa shape index (κ1) is 12.4. The van der Waals surface area contributed by atoms with Gasteiger partial charge in [-0.05, 0) is 26.8 Å². The van der Waals surface area contributed by atoms with Crippen molar-refractivity contribution in [2.24, 2.45) is 0 Å². The largest absolute Gasteiger partial charge is 0.514 e. The van der Waals surface area contributed by atoms with E-state index in [4.69, 9.17) is 9.47 Å². The molecule has 0 aliphatic carbocycles. The van der Waals surface area contributed by atoms with Crippen molar-refractivity contribution in [1.29, 1.82) is 0 Å². The molecule has 1 fully saturated rings. The number of carbonyl (C=O) groups is 2. The fourth-order valence-corrected chi connectivity index (χ4v) is 0.879. The van der Waals surface area contributed by atoms with Crippen LogP contribution in [0.4, 0.5) is 9.59 Å². The lowest BCUT2D eigenvalue weighted by Gasteiger charge is -2.18. The lowest BCUT2D eigenvalue weighted by molar-refractivity contribution is -0.00259. The number of hydrogen-bond acceptors (Lipinski definition) is 6. The van der Waals surface area contributed by atoms with Crippen LogP contribution in [0.15, 0.2) is 11.8 Å². The van der Waals surface area contributed by atoms with E-state index in [9.17, 15) is 9.59 Å². The van der Waals surface area contributed by atoms with Crippen LogP contribution in [0.3, 0.4) is 0 Å². The van der Waals surface area contributed by atoms with Crippen LogP contribution in [0.1, 0.15) is 20.8 Å². The molecule has 0 aromatic rings. The Balaban J connectivity index is 2.25. The van der Waals surface area contributed by atoms with Crippen molar-refractivity contribution in [1.82, 2.24) is 0 Å². The summed E-state index contributed by atoms with van der Waals surface area (Å²) in [6, 6.07) is 0. The summed E-state index contributed by atoms with van der Waals surface area (Å²) in [4.78, 5) is 21.6. The first-order chi connectivity index (χ1) is 7.37. The van der Waals surface area contributed by atoms with Crippen LogP contribution in [-0.4, -0.2) is 31.1 Å². The average molecular weight is 230 g/mol. The second-order valence-corrected chi connectivity index (χ2v) is 4.09. The van der Waals surface area contributed by atoms with E-state index in [0.717, 1.165) is 0 Å². The summed E-state index contributed by atoms with van der Waals surface area (Å²) in [7, 11) is 0. The van der Waals surface area contributed by atoms with Gasteiger partial charge >= 0.3 is 12.3 Å². The minimum atomic E-state index is -0.769. The maximum absolute atomic E-state index is 11.1. The van der Waals surface area contributed by atoms with Crippen molar-refractivity contribution in [3.05, 3.63) is 11.8 Å². The van der Waals surface area contributed by atoms with Gasteiger partial charge in [0, 0.05) is 0 Å². The summed E-state index contributed by atoms with van der Waals surface area (Å²) in [5, 5.41) is 0. The summed E-state index contributed by atoms with van der Waals surface area (Å²) in [5.41, 5.74) is -0.590. The molecule has 1 aliphatic heterocycles. The second-order valence-electron chi connectivity index (χ2n) is 4.09. The molecule has 16 heavy (non-hydrogen) atoms. The molecule has 0 N–H and O–H groups in total. The Morgan fingerprint density at radius 3 is 2.69 bits per heavy atom. The lowest BCUT2D eigenvalue weighted by atomic mass is 10.2. The van der Waals surface area contributed by atoms with Crippen LogP contribution in [0.5, 0.6) is 0 Å². The Hall–Kier alpha value is -1.72. The Kier molecular flexibility index (Phi) is 3.76. The molecule has 0 spiro atoms. The SMILES string of the molecule is CC(C)(C)OC(=O)OC/C=C1\COC(=O)O1. The van der Waals surface area contributed by atoms with Crippen LogP contribution in [-0.2, 0) is 18.9 Å². The van der Waals surface area contributed by atoms with E-state index in [-0.39, 0.29) is 13.2 Å². The highest BCUT2D eigenvalue weighted by Crippen LogP contribution is 2.10. The lowest BCUT2D eigenvalue weighted by Crippen LogP contribution is -2.24. The molecule has 1 rings (SSSR count). The zero-order valence-electron chi connectivity index (χ0n) is 9.44. The van der Waals surface area contributed by atoms with Crippen molar-refractivity contribution >= 4 is 12.3 Å². The summed E-state index contributed by atoms with van der Waals surface area (Å²) in [5.74, 6) is 0.327. The maximum Gasteiger partial charge on any atom is 0.514 e. The van der Waals surface area contributed by atoms with Gasteiger partial charge in [-0.2, -0.15) is 0 Å². The molecule has 1 heterocycles. The van der Waals surface area contributed by atoms with Gasteiger partial charge in [0.15, 0.2) is 6.61 Å². The van der Waals surface area contributed by atoms with Gasteiger partial charge in [0.1, 0.15) is 18.0 Å². The van der Waals surface area contributed by atoms with Gasteiger partial charge in [-0.25, -0.2) is 9.59 Å². The van der Waals surface area contributed by atoms with Gasteiger partial charge in [0.2, 0.25) is 0 Å². The minimum Gasteiger partial charge on any atom is -0.430 e. The number of rotatable bonds is 2. The molecule has 0 radical (unpaired) electrons. The second kappa shape index (κ2) is 4.87. The third-order valence-electron chi connectivity index (χ3n) is 1.45. The van der Waals surface area contributed by atoms with Crippen LogP contribution >= 0.6 is 0 Å². The van der Waals surface area contributed by atoms with E-state index in [1.165, 1.54) is 6.08 Å². The number of carbonyl (C=O) groups excluding carboxylic acids is 2. The van der Waals surface area contributed by atoms with Crippen molar-refractivity contribution in [2.45, 2.75) is 26.4 Å². The number of ether oxygens (including phenoxy) is 4. The average Bonchev–Trinajstić information content (AvgIpc) is 2.48. The Morgan fingerprint density at radius 2 is 2.19 bits per heavy atom. The molecular weight excluding hydrogens is 216 g/mol. The standard InChI is InChI=1S/C10H14O6/c1-10(2,3)16-9(12)13-5-4-7-6-14-8(11)15-7/h4H,5-6H2,1-3H3/b7-4+. The van der Waals surface area contributed by atoms with Gasteiger partial charge in [0.25, 0.3) is 0 Å². The Bertz CT molecular complexity index is 312. The Labute approximate surface area is 93.1 Å². The zero-order valence-corrected chi connectivity index (χ0v) is 9.44. The van der Waals surface area contributed by atoms with E-state index in [1.54, 1.807) is 20.8 Å². The molecule has 1 saturated heterocycles. The van der Waals surface area contributed by atoms with Crippen molar-refractivity contribution in [3.63, 3.8) is 0 Å². The third kappa shape index (κ3) is 4.68. The van der Waals surface area contributed by atoms with E-state index in [1.807, 2.05) is 0 Å². The fourth-order valence-electron chi connectivity index (χ4n) is 0.879. The van der Waals surface area contributed by atoms with Gasteiger partial charge in [-0.15, -0.1) is 0 Å². The van der Waals surface area contributed by atoms with Crippen molar-refractivity contribution in [2.75, 3.05) is 13.2 Å². The summed E-state index contributed by atoms with van der Waals surface area (Å²) < 4.78 is 18.7. The molecule has 0 aromatic carbocycles. The van der Waals surface area contributed by atoms with E-state index in [2.05, 4.69) is 9.47 Å². The molecule has 0 amide bonds. The minimum absolute atomic E-state index is 0.0269. The first-order valence-electron chi connectivity index (χ1n) is 4.76. The molecule has 0 atom stereocenters. The van der Waals surface area contributed by atoms with Crippen molar-refractivity contribution in [3.8, 4) is 0 Å². The van der Waals surface area contributed by atoms with E-state index >= 15 is 0 Å². The molecule has 6 nitrogen and oxygen atoms in total. The van der Waals surface area contributed by atoms with Crippen molar-refractivity contribution < 1.29 is 28.5 Å². The molecule has 6 heteroatoms. The Morgan fingerprint density at radius 1 is 1.50 bits per heavy atom. The van der Waals surface area contributed by atoms with Crippen LogP contribution < -0.4 is 0 Å². The van der Waals surface area contributed by atoms with Gasteiger partial charge in [-0.1, -0.05) is 0 Å². The normalized spacial score (nSPS) is 17.9. The maximum atomic E-state index is 11.1. The van der Waals surface area contributed by atoms with Crippen LogP contribution in [0.25, 0.3) is 0 Å².